The molecule has 7 heteroatoms. The predicted molar refractivity (Wildman–Crippen MR) is 101 cm³/mol. The number of H-pyrrole nitrogens is 1. The Morgan fingerprint density at radius 2 is 1.59 bits per heavy atom. The number of aryl methyl sites for hydroxylation is 1. The summed E-state index contributed by atoms with van der Waals surface area (Å²) < 4.78 is 9.96. The Labute approximate surface area is 155 Å². The van der Waals surface area contributed by atoms with Crippen molar-refractivity contribution in [3.63, 3.8) is 0 Å². The first kappa shape index (κ1) is 18.2. The Morgan fingerprint density at radius 3 is 2.11 bits per heavy atom. The van der Waals surface area contributed by atoms with E-state index in [1.165, 1.54) is 14.2 Å². The number of aromatic nitrogens is 1. The van der Waals surface area contributed by atoms with Crippen LogP contribution >= 0.6 is 0 Å². The van der Waals surface area contributed by atoms with Gasteiger partial charge in [-0.3, -0.25) is 10.1 Å². The van der Waals surface area contributed by atoms with E-state index in [9.17, 15) is 14.9 Å². The third kappa shape index (κ3) is 3.39. The number of nitro groups is 1. The largest absolute Gasteiger partial charge is 0.497 e. The summed E-state index contributed by atoms with van der Waals surface area (Å²) in [5, 5.41) is 11.9. The van der Waals surface area contributed by atoms with Gasteiger partial charge in [0.2, 0.25) is 0 Å². The fraction of sp³-hybridized carbons (Fsp3) is 0.150. The second-order valence-corrected chi connectivity index (χ2v) is 5.94. The molecule has 1 N–H and O–H groups in total. The third-order valence-corrected chi connectivity index (χ3v) is 4.26. The van der Waals surface area contributed by atoms with Crippen LogP contribution in [0.2, 0.25) is 0 Å². The molecule has 0 amide bonds. The molecule has 3 aromatic rings. The summed E-state index contributed by atoms with van der Waals surface area (Å²) in [5.74, 6) is -0.0717. The van der Waals surface area contributed by atoms with Crippen molar-refractivity contribution in [2.24, 2.45) is 0 Å². The Morgan fingerprint density at radius 1 is 1.00 bits per heavy atom. The average Bonchev–Trinajstić information content (AvgIpc) is 3.09. The third-order valence-electron chi connectivity index (χ3n) is 4.26. The summed E-state index contributed by atoms with van der Waals surface area (Å²) in [6.45, 7) is 1.93. The van der Waals surface area contributed by atoms with Crippen molar-refractivity contribution >= 4 is 11.7 Å². The van der Waals surface area contributed by atoms with Crippen LogP contribution in [0.15, 0.2) is 48.5 Å². The van der Waals surface area contributed by atoms with Crippen molar-refractivity contribution < 1.29 is 19.2 Å². The number of methoxy groups -OCH3 is 2. The topological polar surface area (TPSA) is 94.5 Å². The summed E-state index contributed by atoms with van der Waals surface area (Å²) in [7, 11) is 2.77. The molecule has 0 radical (unpaired) electrons. The molecule has 0 aliphatic rings. The number of hydrogen-bond acceptors (Lipinski definition) is 5. The minimum atomic E-state index is -0.678. The summed E-state index contributed by atoms with van der Waals surface area (Å²) in [5.41, 5.74) is 2.44. The van der Waals surface area contributed by atoms with Gasteiger partial charge in [0.1, 0.15) is 17.1 Å². The second kappa shape index (κ2) is 7.33. The molecule has 0 atom stereocenters. The number of esters is 1. The van der Waals surface area contributed by atoms with Gasteiger partial charge in [0.25, 0.3) is 0 Å². The van der Waals surface area contributed by atoms with Crippen molar-refractivity contribution in [3.05, 3.63) is 69.9 Å². The highest BCUT2D eigenvalue weighted by molar-refractivity contribution is 6.02. The van der Waals surface area contributed by atoms with E-state index in [1.54, 1.807) is 36.4 Å². The monoisotopic (exact) mass is 366 g/mol. The molecule has 0 unspecified atom stereocenters. The average molecular weight is 366 g/mol. The molecule has 3 rings (SSSR count). The molecule has 0 fully saturated rings. The Bertz CT molecular complexity index is 988. The lowest BCUT2D eigenvalue weighted by molar-refractivity contribution is -0.383. The maximum absolute atomic E-state index is 12.3. The van der Waals surface area contributed by atoms with Crippen molar-refractivity contribution in [1.82, 2.24) is 4.98 Å². The van der Waals surface area contributed by atoms with E-state index in [0.717, 1.165) is 5.56 Å². The van der Waals surface area contributed by atoms with Crippen molar-refractivity contribution in [1.29, 1.82) is 0 Å². The number of aromatic amines is 1. The molecule has 138 valence electrons. The molecule has 0 bridgehead atoms. The zero-order valence-electron chi connectivity index (χ0n) is 15.1. The second-order valence-electron chi connectivity index (χ2n) is 5.94. The summed E-state index contributed by atoms with van der Waals surface area (Å²) >= 11 is 0. The highest BCUT2D eigenvalue weighted by Crippen LogP contribution is 2.42. The van der Waals surface area contributed by atoms with Crippen molar-refractivity contribution in [2.45, 2.75) is 6.92 Å². The van der Waals surface area contributed by atoms with Gasteiger partial charge in [-0.15, -0.1) is 0 Å². The Balaban J connectivity index is 2.30. The van der Waals surface area contributed by atoms with Gasteiger partial charge in [-0.2, -0.15) is 0 Å². The van der Waals surface area contributed by atoms with E-state index in [2.05, 4.69) is 4.98 Å². The van der Waals surface area contributed by atoms with E-state index in [1.807, 2.05) is 19.1 Å². The van der Waals surface area contributed by atoms with E-state index >= 15 is 0 Å². The zero-order chi connectivity index (χ0) is 19.6. The standard InChI is InChI=1S/C20H18N2O5/c1-12-4-6-14(7-5-12)17-19(22(24)25)16(18(21-17)20(23)27-3)13-8-10-15(26-2)11-9-13/h4-11,21H,1-3H3. The normalized spacial score (nSPS) is 10.5. The van der Waals surface area contributed by atoms with Gasteiger partial charge in [-0.05, 0) is 24.6 Å². The smallest absolute Gasteiger partial charge is 0.355 e. The van der Waals surface area contributed by atoms with E-state index < -0.39 is 10.9 Å². The van der Waals surface area contributed by atoms with Crippen LogP contribution in [0.1, 0.15) is 16.1 Å². The van der Waals surface area contributed by atoms with Gasteiger partial charge in [0.05, 0.1) is 24.7 Å². The number of carbonyl (C=O) groups excluding carboxylic acids is 1. The molecule has 0 aliphatic carbocycles. The lowest BCUT2D eigenvalue weighted by Crippen LogP contribution is -2.03. The van der Waals surface area contributed by atoms with Gasteiger partial charge in [-0.25, -0.2) is 4.79 Å². The van der Waals surface area contributed by atoms with Crippen LogP contribution in [0.5, 0.6) is 5.75 Å². The Hall–Kier alpha value is -3.61. The van der Waals surface area contributed by atoms with Crippen molar-refractivity contribution in [3.8, 4) is 28.1 Å². The molecule has 0 saturated heterocycles. The molecule has 2 aromatic carbocycles. The minimum Gasteiger partial charge on any atom is -0.497 e. The van der Waals surface area contributed by atoms with E-state index in [0.29, 0.717) is 16.9 Å². The molecule has 27 heavy (non-hydrogen) atoms. The molecular formula is C20H18N2O5. The van der Waals surface area contributed by atoms with Crippen LogP contribution < -0.4 is 4.74 Å². The van der Waals surface area contributed by atoms with Crippen LogP contribution in [0.25, 0.3) is 22.4 Å². The summed E-state index contributed by atoms with van der Waals surface area (Å²) in [6.07, 6.45) is 0. The maximum Gasteiger partial charge on any atom is 0.355 e. The summed E-state index contributed by atoms with van der Waals surface area (Å²) in [4.78, 5) is 26.6. The highest BCUT2D eigenvalue weighted by Gasteiger charge is 2.32. The molecule has 0 aliphatic heterocycles. The van der Waals surface area contributed by atoms with Crippen LogP contribution in [-0.2, 0) is 4.74 Å². The fourth-order valence-corrected chi connectivity index (χ4v) is 2.90. The lowest BCUT2D eigenvalue weighted by Gasteiger charge is -2.04. The number of hydrogen-bond donors (Lipinski definition) is 1. The van der Waals surface area contributed by atoms with Crippen molar-refractivity contribution in [2.75, 3.05) is 14.2 Å². The SMILES string of the molecule is COC(=O)c1[nH]c(-c2ccc(C)cc2)c([N+](=O)[O-])c1-c1ccc(OC)cc1. The number of benzene rings is 2. The minimum absolute atomic E-state index is 0.0324. The highest BCUT2D eigenvalue weighted by atomic mass is 16.6. The van der Waals surface area contributed by atoms with Crippen LogP contribution in [0.3, 0.4) is 0 Å². The van der Waals surface area contributed by atoms with Gasteiger partial charge in [-0.1, -0.05) is 42.0 Å². The predicted octanol–water partition coefficient (Wildman–Crippen LogP) is 4.36. The molecule has 0 saturated carbocycles. The molecule has 7 nitrogen and oxygen atoms in total. The first-order valence-corrected chi connectivity index (χ1v) is 8.16. The molecular weight excluding hydrogens is 348 g/mol. The van der Waals surface area contributed by atoms with Gasteiger partial charge in [0, 0.05) is 5.56 Å². The number of nitrogens with one attached hydrogen (secondary N) is 1. The first-order valence-electron chi connectivity index (χ1n) is 8.16. The van der Waals surface area contributed by atoms with Crippen LogP contribution in [0.4, 0.5) is 5.69 Å². The number of nitrogens with zero attached hydrogens (tertiary/aromatic N) is 1. The van der Waals surface area contributed by atoms with E-state index in [-0.39, 0.29) is 22.6 Å². The van der Waals surface area contributed by atoms with E-state index in [4.69, 9.17) is 9.47 Å². The van der Waals surface area contributed by atoms with Gasteiger partial charge >= 0.3 is 11.7 Å². The molecule has 1 aromatic heterocycles. The number of carbonyl (C=O) groups is 1. The van der Waals surface area contributed by atoms with Crippen LogP contribution in [-0.4, -0.2) is 30.1 Å². The van der Waals surface area contributed by atoms with Gasteiger partial charge in [0.15, 0.2) is 0 Å². The first-order chi connectivity index (χ1) is 13.0. The quantitative estimate of drug-likeness (QED) is 0.411. The fourth-order valence-electron chi connectivity index (χ4n) is 2.90. The molecule has 1 heterocycles. The molecule has 0 spiro atoms. The maximum atomic E-state index is 12.3. The summed E-state index contributed by atoms with van der Waals surface area (Å²) in [6, 6.07) is 13.9. The lowest BCUT2D eigenvalue weighted by atomic mass is 10.0. The zero-order valence-corrected chi connectivity index (χ0v) is 15.1. The van der Waals surface area contributed by atoms with Crippen LogP contribution in [0, 0.1) is 17.0 Å². The Kier molecular flexibility index (Phi) is 4.94. The number of ether oxygens (including phenoxy) is 2. The number of rotatable bonds is 5. The van der Waals surface area contributed by atoms with Gasteiger partial charge < -0.3 is 14.5 Å².